The first-order chi connectivity index (χ1) is 20.3. The van der Waals surface area contributed by atoms with Gasteiger partial charge >= 0.3 is 0 Å². The lowest BCUT2D eigenvalue weighted by atomic mass is 9.92. The van der Waals surface area contributed by atoms with Crippen LogP contribution in [-0.4, -0.2) is 15.0 Å². The molecule has 0 unspecified atom stereocenters. The molecule has 0 radical (unpaired) electrons. The average Bonchev–Trinajstić information content (AvgIpc) is 3.43. The van der Waals surface area contributed by atoms with E-state index in [1.807, 2.05) is 35.9 Å². The third-order valence-corrected chi connectivity index (χ3v) is 9.26. The number of hydrogen-bond acceptors (Lipinski definition) is 4. The molecule has 0 aliphatic rings. The number of benzene rings is 5. The van der Waals surface area contributed by atoms with E-state index in [0.29, 0.717) is 0 Å². The van der Waals surface area contributed by atoms with E-state index in [9.17, 15) is 0 Å². The van der Waals surface area contributed by atoms with Gasteiger partial charge in [0.05, 0.1) is 22.2 Å². The van der Waals surface area contributed by atoms with Crippen LogP contribution in [0.3, 0.4) is 0 Å². The van der Waals surface area contributed by atoms with Crippen molar-refractivity contribution in [3.63, 3.8) is 0 Å². The molecule has 4 heteroatoms. The van der Waals surface area contributed by atoms with Crippen LogP contribution in [0.4, 0.5) is 0 Å². The monoisotopic (exact) mass is 539 g/mol. The maximum atomic E-state index is 5.48. The van der Waals surface area contributed by atoms with Crippen LogP contribution in [0.1, 0.15) is 0 Å². The summed E-state index contributed by atoms with van der Waals surface area (Å²) in [6, 6.07) is 40.9. The number of para-hydroxylation sites is 1. The van der Waals surface area contributed by atoms with Gasteiger partial charge in [-0.2, -0.15) is 0 Å². The van der Waals surface area contributed by atoms with Crippen LogP contribution in [-0.2, 0) is 0 Å². The average molecular weight is 540 g/mol. The van der Waals surface area contributed by atoms with Gasteiger partial charge in [-0.15, -0.1) is 11.3 Å². The molecule has 5 aromatic carbocycles. The number of pyridine rings is 3. The summed E-state index contributed by atoms with van der Waals surface area (Å²) in [5.74, 6) is 0. The number of nitrogens with zero attached hydrogens (tertiary/aromatic N) is 3. The number of rotatable bonds is 2. The van der Waals surface area contributed by atoms with Crippen molar-refractivity contribution < 1.29 is 0 Å². The Morgan fingerprint density at radius 1 is 0.463 bits per heavy atom. The Morgan fingerprint density at radius 2 is 1.24 bits per heavy atom. The second kappa shape index (κ2) is 8.65. The molecule has 4 heterocycles. The minimum atomic E-state index is 0.910. The Bertz CT molecular complexity index is 2480. The third kappa shape index (κ3) is 3.28. The quantitative estimate of drug-likeness (QED) is 0.205. The summed E-state index contributed by atoms with van der Waals surface area (Å²) >= 11 is 1.85. The van der Waals surface area contributed by atoms with Crippen molar-refractivity contribution in [3.8, 4) is 22.4 Å². The van der Waals surface area contributed by atoms with Crippen LogP contribution in [0.15, 0.2) is 128 Å². The van der Waals surface area contributed by atoms with E-state index in [4.69, 9.17) is 9.97 Å². The molecule has 0 saturated carbocycles. The van der Waals surface area contributed by atoms with Crippen LogP contribution < -0.4 is 0 Å². The van der Waals surface area contributed by atoms with Crippen molar-refractivity contribution in [2.75, 3.05) is 0 Å². The molecule has 0 bridgehead atoms. The van der Waals surface area contributed by atoms with Gasteiger partial charge in [0.15, 0.2) is 0 Å². The van der Waals surface area contributed by atoms with E-state index in [1.165, 1.54) is 30.9 Å². The molecule has 3 nitrogen and oxygen atoms in total. The Hall–Kier alpha value is -5.19. The smallest absolute Gasteiger partial charge is 0.0970 e. The van der Waals surface area contributed by atoms with Crippen molar-refractivity contribution in [2.45, 2.75) is 0 Å². The molecule has 0 spiro atoms. The minimum Gasteiger partial charge on any atom is -0.254 e. The summed E-state index contributed by atoms with van der Waals surface area (Å²) < 4.78 is 2.60. The summed E-state index contributed by atoms with van der Waals surface area (Å²) in [5.41, 5.74) is 7.16. The minimum absolute atomic E-state index is 0.910. The van der Waals surface area contributed by atoms with E-state index in [2.05, 4.69) is 108 Å². The molecule has 0 N–H and O–H groups in total. The first-order valence-electron chi connectivity index (χ1n) is 13.7. The van der Waals surface area contributed by atoms with Crippen LogP contribution in [0, 0.1) is 0 Å². The molecule has 0 aliphatic heterocycles. The van der Waals surface area contributed by atoms with E-state index in [1.54, 1.807) is 0 Å². The molecule has 9 aromatic rings. The van der Waals surface area contributed by atoms with Gasteiger partial charge in [-0.3, -0.25) is 9.97 Å². The van der Waals surface area contributed by atoms with Gasteiger partial charge in [-0.05, 0) is 35.9 Å². The highest BCUT2D eigenvalue weighted by Gasteiger charge is 2.19. The zero-order chi connectivity index (χ0) is 26.9. The van der Waals surface area contributed by atoms with Gasteiger partial charge in [0.2, 0.25) is 0 Å². The molecule has 0 amide bonds. The summed E-state index contributed by atoms with van der Waals surface area (Å²) in [7, 11) is 0. The van der Waals surface area contributed by atoms with Crippen LogP contribution >= 0.6 is 11.3 Å². The molecular weight excluding hydrogens is 518 g/mol. The lowest BCUT2D eigenvalue weighted by molar-refractivity contribution is 1.37. The third-order valence-electron chi connectivity index (χ3n) is 8.13. The Morgan fingerprint density at radius 3 is 2.17 bits per heavy atom. The molecule has 0 saturated heterocycles. The van der Waals surface area contributed by atoms with Crippen molar-refractivity contribution in [3.05, 3.63) is 128 Å². The maximum absolute atomic E-state index is 5.48. The van der Waals surface area contributed by atoms with Crippen LogP contribution in [0.5, 0.6) is 0 Å². The van der Waals surface area contributed by atoms with Crippen LogP contribution in [0.25, 0.3) is 86.0 Å². The van der Waals surface area contributed by atoms with E-state index in [-0.39, 0.29) is 0 Å². The van der Waals surface area contributed by atoms with Crippen molar-refractivity contribution >= 4 is 75.0 Å². The fourth-order valence-electron chi connectivity index (χ4n) is 6.36. The van der Waals surface area contributed by atoms with Gasteiger partial charge in [0.25, 0.3) is 0 Å². The normalized spacial score (nSPS) is 11.9. The van der Waals surface area contributed by atoms with Gasteiger partial charge in [0.1, 0.15) is 0 Å². The molecule has 4 aromatic heterocycles. The Kier molecular flexibility index (Phi) is 4.77. The highest BCUT2D eigenvalue weighted by Crippen LogP contribution is 2.45. The van der Waals surface area contributed by atoms with E-state index < -0.39 is 0 Å². The Balaban J connectivity index is 1.51. The summed E-state index contributed by atoms with van der Waals surface area (Å²) in [6.07, 6.45) is 3.69. The number of thiophene rings is 1. The highest BCUT2D eigenvalue weighted by molar-refractivity contribution is 7.26. The second-order valence-electron chi connectivity index (χ2n) is 10.4. The zero-order valence-electron chi connectivity index (χ0n) is 21.9. The lowest BCUT2D eigenvalue weighted by Gasteiger charge is -2.16. The molecule has 0 aliphatic carbocycles. The topological polar surface area (TPSA) is 38.7 Å². The predicted molar refractivity (Wildman–Crippen MR) is 174 cm³/mol. The Labute approximate surface area is 239 Å². The molecule has 0 fully saturated rings. The van der Waals surface area contributed by atoms with Gasteiger partial charge in [-0.25, -0.2) is 4.98 Å². The fraction of sp³-hybridized carbons (Fsp3) is 0. The van der Waals surface area contributed by atoms with Crippen molar-refractivity contribution in [1.29, 1.82) is 0 Å². The largest absolute Gasteiger partial charge is 0.254 e. The van der Waals surface area contributed by atoms with Gasteiger partial charge in [-0.1, -0.05) is 84.9 Å². The fourth-order valence-corrected chi connectivity index (χ4v) is 7.48. The second-order valence-corrected chi connectivity index (χ2v) is 11.5. The van der Waals surface area contributed by atoms with Gasteiger partial charge < -0.3 is 0 Å². The van der Waals surface area contributed by atoms with Crippen LogP contribution in [0.2, 0.25) is 0 Å². The first kappa shape index (κ1) is 22.6. The summed E-state index contributed by atoms with van der Waals surface area (Å²) in [6.45, 7) is 0. The molecule has 41 heavy (non-hydrogen) atoms. The summed E-state index contributed by atoms with van der Waals surface area (Å²) in [4.78, 5) is 14.9. The predicted octanol–water partition coefficient (Wildman–Crippen LogP) is 10.2. The lowest BCUT2D eigenvalue weighted by Crippen LogP contribution is -1.94. The van der Waals surface area contributed by atoms with Gasteiger partial charge in [0, 0.05) is 70.6 Å². The van der Waals surface area contributed by atoms with E-state index in [0.717, 1.165) is 55.1 Å². The number of aromatic nitrogens is 3. The first-order valence-corrected chi connectivity index (χ1v) is 14.5. The van der Waals surface area contributed by atoms with E-state index >= 15 is 0 Å². The number of fused-ring (bicyclic) bond motifs is 10. The molecular formula is C37H21N3S. The maximum Gasteiger partial charge on any atom is 0.0970 e. The number of hydrogen-bond donors (Lipinski definition) is 0. The molecule has 9 rings (SSSR count). The zero-order valence-corrected chi connectivity index (χ0v) is 22.7. The standard InChI is InChI=1S/C37H21N3S/c1-2-9-22(10-3-1)34-28-17-18-31-33(26-12-4-5-16-30(26)41-31)32(28)27-14-6-13-24(36(27)40-34)29-21-23-11-7-19-38-35(23)37-25(29)15-8-20-39-37/h1-21H. The molecule has 190 valence electrons. The van der Waals surface area contributed by atoms with Crippen molar-refractivity contribution in [2.24, 2.45) is 0 Å². The summed E-state index contributed by atoms with van der Waals surface area (Å²) in [5, 5.41) is 8.34. The highest BCUT2D eigenvalue weighted by atomic mass is 32.1. The SMILES string of the molecule is c1ccc(-c2nc3c(-c4cc5cccnc5c5ncccc45)cccc3c3c2ccc2sc4ccccc4c23)cc1. The van der Waals surface area contributed by atoms with Crippen molar-refractivity contribution in [1.82, 2.24) is 15.0 Å². The molecule has 0 atom stereocenters.